The van der Waals surface area contributed by atoms with Gasteiger partial charge in [0, 0.05) is 11.8 Å². The smallest absolute Gasteiger partial charge is 0.179 e. The summed E-state index contributed by atoms with van der Waals surface area (Å²) in [4.78, 5) is 30.7. The number of aromatic nitrogens is 1. The van der Waals surface area contributed by atoms with Gasteiger partial charge in [-0.2, -0.15) is 0 Å². The van der Waals surface area contributed by atoms with Crippen molar-refractivity contribution in [2.75, 3.05) is 0 Å². The molecule has 1 aromatic carbocycles. The number of hydrogen-bond donors (Lipinski definition) is 0. The summed E-state index contributed by atoms with van der Waals surface area (Å²) < 4.78 is 5.81. The average molecular weight is 420 g/mol. The van der Waals surface area contributed by atoms with E-state index >= 15 is 0 Å². The van der Waals surface area contributed by atoms with Crippen LogP contribution >= 0.6 is 23.2 Å². The quantitative estimate of drug-likeness (QED) is 0.622. The van der Waals surface area contributed by atoms with Crippen LogP contribution in [0.1, 0.15) is 51.7 Å². The first kappa shape index (κ1) is 21.0. The van der Waals surface area contributed by atoms with Gasteiger partial charge >= 0.3 is 0 Å². The minimum atomic E-state index is -1.06. The Morgan fingerprint density at radius 3 is 2.18 bits per heavy atom. The SMILES string of the molecule is CCc1ccc(-c2ncc(Cl)cc2Cl)cc1C1C(=O)C(C)(C)OC(C)(C)C1=O. The van der Waals surface area contributed by atoms with Gasteiger partial charge in [0.2, 0.25) is 0 Å². The highest BCUT2D eigenvalue weighted by Gasteiger charge is 2.53. The summed E-state index contributed by atoms with van der Waals surface area (Å²) in [6, 6.07) is 7.29. The van der Waals surface area contributed by atoms with Gasteiger partial charge in [0.05, 0.1) is 15.7 Å². The lowest BCUT2D eigenvalue weighted by Crippen LogP contribution is -2.58. The molecule has 0 radical (unpaired) electrons. The molecular formula is C22H23Cl2NO3. The Balaban J connectivity index is 2.19. The summed E-state index contributed by atoms with van der Waals surface area (Å²) in [5.74, 6) is -1.36. The first-order valence-corrected chi connectivity index (χ1v) is 9.96. The largest absolute Gasteiger partial charge is 0.354 e. The molecule has 1 saturated heterocycles. The average Bonchev–Trinajstić information content (AvgIpc) is 2.60. The third-order valence-electron chi connectivity index (χ3n) is 5.14. The zero-order chi connectivity index (χ0) is 20.9. The number of ether oxygens (including phenoxy) is 1. The van der Waals surface area contributed by atoms with Crippen LogP contribution in [0, 0.1) is 0 Å². The Morgan fingerprint density at radius 1 is 1.04 bits per heavy atom. The second-order valence-corrected chi connectivity index (χ2v) is 8.88. The molecule has 0 amide bonds. The van der Waals surface area contributed by atoms with Crippen molar-refractivity contribution in [1.82, 2.24) is 4.98 Å². The third-order valence-corrected chi connectivity index (χ3v) is 5.64. The minimum absolute atomic E-state index is 0.237. The Labute approximate surface area is 175 Å². The van der Waals surface area contributed by atoms with Crippen LogP contribution in [0.5, 0.6) is 0 Å². The lowest BCUT2D eigenvalue weighted by molar-refractivity contribution is -0.184. The molecule has 1 aliphatic rings. The van der Waals surface area contributed by atoms with Gasteiger partial charge in [-0.25, -0.2) is 0 Å². The molecule has 0 aliphatic carbocycles. The number of carbonyl (C=O) groups excluding carboxylic acids is 2. The lowest BCUT2D eigenvalue weighted by atomic mass is 9.73. The molecular weight excluding hydrogens is 397 g/mol. The van der Waals surface area contributed by atoms with Gasteiger partial charge in [0.15, 0.2) is 11.6 Å². The molecule has 1 fully saturated rings. The molecule has 0 atom stereocenters. The maximum absolute atomic E-state index is 13.2. The van der Waals surface area contributed by atoms with E-state index in [1.54, 1.807) is 33.8 Å². The van der Waals surface area contributed by atoms with Crippen LogP contribution in [0.3, 0.4) is 0 Å². The predicted molar refractivity (Wildman–Crippen MR) is 111 cm³/mol. The van der Waals surface area contributed by atoms with Crippen LogP contribution in [0.25, 0.3) is 11.3 Å². The molecule has 148 valence electrons. The van der Waals surface area contributed by atoms with Crippen molar-refractivity contribution in [1.29, 1.82) is 0 Å². The zero-order valence-electron chi connectivity index (χ0n) is 16.6. The Kier molecular flexibility index (Phi) is 5.43. The van der Waals surface area contributed by atoms with Crippen LogP contribution in [0.15, 0.2) is 30.5 Å². The van der Waals surface area contributed by atoms with Gasteiger partial charge in [-0.05, 0) is 57.4 Å². The Bertz CT molecular complexity index is 940. The molecule has 2 heterocycles. The van der Waals surface area contributed by atoms with Crippen molar-refractivity contribution in [3.05, 3.63) is 51.6 Å². The number of carbonyl (C=O) groups is 2. The van der Waals surface area contributed by atoms with Crippen LogP contribution in [0.2, 0.25) is 10.0 Å². The second-order valence-electron chi connectivity index (χ2n) is 8.04. The van der Waals surface area contributed by atoms with Crippen LogP contribution in [-0.2, 0) is 20.7 Å². The molecule has 1 aliphatic heterocycles. The minimum Gasteiger partial charge on any atom is -0.354 e. The van der Waals surface area contributed by atoms with Crippen molar-refractivity contribution < 1.29 is 14.3 Å². The van der Waals surface area contributed by atoms with E-state index in [1.807, 2.05) is 25.1 Å². The van der Waals surface area contributed by atoms with Gasteiger partial charge in [-0.1, -0.05) is 42.3 Å². The van der Waals surface area contributed by atoms with Gasteiger partial charge < -0.3 is 4.74 Å². The molecule has 1 aromatic heterocycles. The summed E-state index contributed by atoms with van der Waals surface area (Å²) in [6.07, 6.45) is 2.21. The van der Waals surface area contributed by atoms with E-state index in [2.05, 4.69) is 4.98 Å². The molecule has 28 heavy (non-hydrogen) atoms. The standard InChI is InChI=1S/C22H23Cl2NO3/c1-6-12-7-8-13(18-16(24)10-14(23)11-25-18)9-15(12)17-19(26)21(2,3)28-22(4,5)20(17)27/h7-11,17H,6H2,1-5H3. The number of benzene rings is 1. The first-order chi connectivity index (χ1) is 13.0. The van der Waals surface area contributed by atoms with Gasteiger partial charge in [-0.3, -0.25) is 14.6 Å². The van der Waals surface area contributed by atoms with Crippen molar-refractivity contribution >= 4 is 34.8 Å². The maximum atomic E-state index is 13.2. The normalized spacial score (nSPS) is 19.1. The van der Waals surface area contributed by atoms with Crippen LogP contribution < -0.4 is 0 Å². The molecule has 4 nitrogen and oxygen atoms in total. The number of aryl methyl sites for hydroxylation is 1. The Morgan fingerprint density at radius 2 is 1.64 bits per heavy atom. The number of Topliss-reactive ketones (excluding diaryl/α,β-unsaturated/α-hetero) is 2. The Hall–Kier alpha value is -1.75. The van der Waals surface area contributed by atoms with Crippen molar-refractivity contribution in [3.8, 4) is 11.3 Å². The topological polar surface area (TPSA) is 56.3 Å². The summed E-state index contributed by atoms with van der Waals surface area (Å²) in [7, 11) is 0. The van der Waals surface area contributed by atoms with E-state index in [0.717, 1.165) is 11.1 Å². The molecule has 2 aromatic rings. The summed E-state index contributed by atoms with van der Waals surface area (Å²) in [6.45, 7) is 8.84. The summed E-state index contributed by atoms with van der Waals surface area (Å²) >= 11 is 12.3. The number of pyridine rings is 1. The number of halogens is 2. The van der Waals surface area contributed by atoms with Gasteiger partial charge in [-0.15, -0.1) is 0 Å². The first-order valence-electron chi connectivity index (χ1n) is 9.21. The fourth-order valence-electron chi connectivity index (χ4n) is 3.80. The summed E-state index contributed by atoms with van der Waals surface area (Å²) in [5, 5.41) is 0.852. The fourth-order valence-corrected chi connectivity index (χ4v) is 4.28. The monoisotopic (exact) mass is 419 g/mol. The predicted octanol–water partition coefficient (Wildman–Crippen LogP) is 5.43. The van der Waals surface area contributed by atoms with Gasteiger partial charge in [0.1, 0.15) is 17.1 Å². The van der Waals surface area contributed by atoms with E-state index in [4.69, 9.17) is 27.9 Å². The highest BCUT2D eigenvalue weighted by Crippen LogP contribution is 2.41. The van der Waals surface area contributed by atoms with Crippen LogP contribution in [0.4, 0.5) is 0 Å². The van der Waals surface area contributed by atoms with E-state index in [9.17, 15) is 9.59 Å². The highest BCUT2D eigenvalue weighted by molar-refractivity contribution is 6.36. The third kappa shape index (κ3) is 3.61. The number of nitrogens with zero attached hydrogens (tertiary/aromatic N) is 1. The molecule has 0 bridgehead atoms. The molecule has 0 spiro atoms. The van der Waals surface area contributed by atoms with Crippen molar-refractivity contribution in [3.63, 3.8) is 0 Å². The number of hydrogen-bond acceptors (Lipinski definition) is 4. The number of ketones is 2. The number of rotatable bonds is 3. The molecule has 0 N–H and O–H groups in total. The molecule has 6 heteroatoms. The second kappa shape index (κ2) is 7.25. The van der Waals surface area contributed by atoms with E-state index < -0.39 is 17.1 Å². The molecule has 0 saturated carbocycles. The lowest BCUT2D eigenvalue weighted by Gasteiger charge is -2.43. The maximum Gasteiger partial charge on any atom is 0.179 e. The van der Waals surface area contributed by atoms with E-state index in [-0.39, 0.29) is 11.6 Å². The molecule has 3 rings (SSSR count). The van der Waals surface area contributed by atoms with E-state index in [1.165, 1.54) is 6.20 Å². The highest BCUT2D eigenvalue weighted by atomic mass is 35.5. The van der Waals surface area contributed by atoms with Gasteiger partial charge in [0.25, 0.3) is 0 Å². The van der Waals surface area contributed by atoms with Crippen molar-refractivity contribution in [2.45, 2.75) is 58.2 Å². The zero-order valence-corrected chi connectivity index (χ0v) is 18.1. The van der Waals surface area contributed by atoms with E-state index in [0.29, 0.717) is 27.7 Å². The summed E-state index contributed by atoms with van der Waals surface area (Å²) in [5.41, 5.74) is 0.803. The molecule has 0 unspecified atom stereocenters. The van der Waals surface area contributed by atoms with Crippen molar-refractivity contribution in [2.24, 2.45) is 0 Å². The fraction of sp³-hybridized carbons (Fsp3) is 0.409. The van der Waals surface area contributed by atoms with Crippen LogP contribution in [-0.4, -0.2) is 27.8 Å².